The summed E-state index contributed by atoms with van der Waals surface area (Å²) in [5.41, 5.74) is 1.02. The van der Waals surface area contributed by atoms with E-state index in [0.717, 1.165) is 12.1 Å². The molecule has 29 heavy (non-hydrogen) atoms. The Kier molecular flexibility index (Phi) is 7.49. The predicted octanol–water partition coefficient (Wildman–Crippen LogP) is 4.78. The van der Waals surface area contributed by atoms with E-state index in [4.69, 9.17) is 0 Å². The number of nitrogens with one attached hydrogen (secondary N) is 2. The van der Waals surface area contributed by atoms with Crippen molar-refractivity contribution in [1.82, 2.24) is 10.6 Å². The Labute approximate surface area is 162 Å². The Morgan fingerprint density at radius 2 is 1.21 bits per heavy atom. The fraction of sp³-hybridized carbons (Fsp3) is 0.316. The third-order valence-electron chi connectivity index (χ3n) is 3.74. The summed E-state index contributed by atoms with van der Waals surface area (Å²) in [6.45, 7) is -1.28. The highest BCUT2D eigenvalue weighted by atomic mass is 19.4. The van der Waals surface area contributed by atoms with E-state index >= 15 is 0 Å². The Hall–Kier alpha value is -2.75. The van der Waals surface area contributed by atoms with Crippen molar-refractivity contribution in [2.75, 3.05) is 6.61 Å². The Bertz CT molecular complexity index is 786. The Balaban J connectivity index is 1.72. The Morgan fingerprint density at radius 3 is 1.66 bits per heavy atom. The molecule has 0 spiro atoms. The summed E-state index contributed by atoms with van der Waals surface area (Å²) in [7, 11) is 0. The number of halogens is 6. The lowest BCUT2D eigenvalue weighted by molar-refractivity contribution is -0.176. The van der Waals surface area contributed by atoms with Crippen LogP contribution in [-0.2, 0) is 30.6 Å². The molecule has 0 aliphatic heterocycles. The molecule has 0 aliphatic carbocycles. The molecule has 4 nitrogen and oxygen atoms in total. The van der Waals surface area contributed by atoms with Gasteiger partial charge in [0.1, 0.15) is 6.61 Å². The normalized spacial score (nSPS) is 11.9. The Morgan fingerprint density at radius 1 is 0.759 bits per heavy atom. The van der Waals surface area contributed by atoms with Crippen LogP contribution in [0.3, 0.4) is 0 Å². The number of alkyl halides is 6. The highest BCUT2D eigenvalue weighted by Gasteiger charge is 2.30. The first-order valence-electron chi connectivity index (χ1n) is 8.43. The summed E-state index contributed by atoms with van der Waals surface area (Å²) in [6, 6.07) is 10.4. The van der Waals surface area contributed by atoms with Crippen molar-refractivity contribution in [1.29, 1.82) is 0 Å². The molecular weight excluding hydrogens is 402 g/mol. The van der Waals surface area contributed by atoms with Crippen molar-refractivity contribution in [2.45, 2.75) is 32.0 Å². The first-order chi connectivity index (χ1) is 13.5. The minimum atomic E-state index is -4.41. The minimum absolute atomic E-state index is 0.0550. The smallest absolute Gasteiger partial charge is 0.367 e. The number of amides is 2. The molecule has 0 heterocycles. The number of urea groups is 1. The molecule has 10 heteroatoms. The number of carbonyl (C=O) groups is 1. The van der Waals surface area contributed by atoms with Gasteiger partial charge in [0.2, 0.25) is 0 Å². The summed E-state index contributed by atoms with van der Waals surface area (Å²) in [6.07, 6.45) is -8.79. The van der Waals surface area contributed by atoms with Crippen molar-refractivity contribution >= 4 is 6.03 Å². The van der Waals surface area contributed by atoms with E-state index in [-0.39, 0.29) is 19.7 Å². The summed E-state index contributed by atoms with van der Waals surface area (Å²) >= 11 is 0. The molecule has 0 fully saturated rings. The summed E-state index contributed by atoms with van der Waals surface area (Å²) in [5.74, 6) is 0. The second kappa shape index (κ2) is 9.64. The molecule has 2 aromatic rings. The molecule has 0 bridgehead atoms. The lowest BCUT2D eigenvalue weighted by Gasteiger charge is -2.10. The van der Waals surface area contributed by atoms with Crippen LogP contribution in [0.5, 0.6) is 0 Å². The van der Waals surface area contributed by atoms with E-state index in [1.54, 1.807) is 24.3 Å². The lowest BCUT2D eigenvalue weighted by atomic mass is 10.1. The van der Waals surface area contributed by atoms with Crippen LogP contribution in [-0.4, -0.2) is 18.8 Å². The second-order valence-electron chi connectivity index (χ2n) is 6.16. The van der Waals surface area contributed by atoms with Gasteiger partial charge in [0.15, 0.2) is 0 Å². The number of hydrogen-bond donors (Lipinski definition) is 2. The van der Waals surface area contributed by atoms with Crippen LogP contribution in [0.15, 0.2) is 48.5 Å². The fourth-order valence-corrected chi connectivity index (χ4v) is 2.28. The van der Waals surface area contributed by atoms with E-state index < -0.39 is 30.6 Å². The van der Waals surface area contributed by atoms with E-state index in [1.165, 1.54) is 12.1 Å². The monoisotopic (exact) mass is 420 g/mol. The minimum Gasteiger partial charge on any atom is -0.367 e. The van der Waals surface area contributed by atoms with E-state index in [9.17, 15) is 31.1 Å². The first kappa shape index (κ1) is 22.5. The highest BCUT2D eigenvalue weighted by Crippen LogP contribution is 2.29. The molecule has 158 valence electrons. The fourth-order valence-electron chi connectivity index (χ4n) is 2.28. The number of hydrogen-bond acceptors (Lipinski definition) is 2. The standard InChI is InChI=1S/C19H18F6N2O2/c20-18(21,22)12-29-11-15-3-1-13(2-4-15)9-26-17(28)27-10-14-5-7-16(8-6-14)19(23,24)25/h1-8H,9-12H2,(H2,26,27,28). The molecule has 2 aromatic carbocycles. The van der Waals surface area contributed by atoms with Crippen molar-refractivity contribution in [2.24, 2.45) is 0 Å². The molecule has 0 saturated carbocycles. The van der Waals surface area contributed by atoms with Gasteiger partial charge in [-0.2, -0.15) is 26.3 Å². The average molecular weight is 420 g/mol. The number of ether oxygens (including phenoxy) is 1. The molecule has 2 N–H and O–H groups in total. The van der Waals surface area contributed by atoms with Crippen LogP contribution in [0.4, 0.5) is 31.1 Å². The summed E-state index contributed by atoms with van der Waals surface area (Å²) in [4.78, 5) is 11.8. The van der Waals surface area contributed by atoms with Crippen LogP contribution >= 0.6 is 0 Å². The van der Waals surface area contributed by atoms with Gasteiger partial charge in [-0.05, 0) is 28.8 Å². The predicted molar refractivity (Wildman–Crippen MR) is 92.7 cm³/mol. The number of carbonyl (C=O) groups excluding carboxylic acids is 1. The zero-order valence-electron chi connectivity index (χ0n) is 15.0. The van der Waals surface area contributed by atoms with Gasteiger partial charge in [-0.15, -0.1) is 0 Å². The van der Waals surface area contributed by atoms with Gasteiger partial charge >= 0.3 is 18.4 Å². The third-order valence-corrected chi connectivity index (χ3v) is 3.74. The van der Waals surface area contributed by atoms with Crippen molar-refractivity contribution in [3.05, 3.63) is 70.8 Å². The maximum atomic E-state index is 12.5. The maximum Gasteiger partial charge on any atom is 0.416 e. The van der Waals surface area contributed by atoms with E-state index in [1.807, 2.05) is 0 Å². The second-order valence-corrected chi connectivity index (χ2v) is 6.16. The summed E-state index contributed by atoms with van der Waals surface area (Å²) in [5, 5.41) is 5.10. The van der Waals surface area contributed by atoms with Gasteiger partial charge in [0.25, 0.3) is 0 Å². The SMILES string of the molecule is O=C(NCc1ccc(COCC(F)(F)F)cc1)NCc1ccc(C(F)(F)F)cc1. The first-order valence-corrected chi connectivity index (χ1v) is 8.43. The van der Waals surface area contributed by atoms with Crippen LogP contribution in [0.25, 0.3) is 0 Å². The molecule has 0 aromatic heterocycles. The largest absolute Gasteiger partial charge is 0.416 e. The third kappa shape index (κ3) is 8.43. The van der Waals surface area contributed by atoms with Gasteiger partial charge in [-0.1, -0.05) is 36.4 Å². The van der Waals surface area contributed by atoms with Gasteiger partial charge in [0, 0.05) is 13.1 Å². The van der Waals surface area contributed by atoms with Gasteiger partial charge in [-0.3, -0.25) is 0 Å². The number of rotatable bonds is 7. The quantitative estimate of drug-likeness (QED) is 0.634. The van der Waals surface area contributed by atoms with Crippen molar-refractivity contribution < 1.29 is 35.9 Å². The summed E-state index contributed by atoms with van der Waals surface area (Å²) < 4.78 is 78.1. The van der Waals surface area contributed by atoms with E-state index in [0.29, 0.717) is 16.7 Å². The van der Waals surface area contributed by atoms with Crippen molar-refractivity contribution in [3.8, 4) is 0 Å². The molecule has 0 radical (unpaired) electrons. The van der Waals surface area contributed by atoms with Crippen LogP contribution in [0.1, 0.15) is 22.3 Å². The zero-order chi connectivity index (χ0) is 21.5. The molecule has 0 unspecified atom stereocenters. The van der Waals surface area contributed by atoms with Gasteiger partial charge in [-0.25, -0.2) is 4.79 Å². The van der Waals surface area contributed by atoms with Gasteiger partial charge < -0.3 is 15.4 Å². The molecular formula is C19H18F6N2O2. The topological polar surface area (TPSA) is 50.4 Å². The average Bonchev–Trinajstić information content (AvgIpc) is 2.64. The van der Waals surface area contributed by atoms with Crippen LogP contribution < -0.4 is 10.6 Å². The van der Waals surface area contributed by atoms with Gasteiger partial charge in [0.05, 0.1) is 12.2 Å². The molecule has 2 amide bonds. The molecule has 0 aliphatic rings. The van der Waals surface area contributed by atoms with E-state index in [2.05, 4.69) is 15.4 Å². The molecule has 0 saturated heterocycles. The lowest BCUT2D eigenvalue weighted by Crippen LogP contribution is -2.34. The molecule has 2 rings (SSSR count). The molecule has 0 atom stereocenters. The highest BCUT2D eigenvalue weighted by molar-refractivity contribution is 5.73. The van der Waals surface area contributed by atoms with Crippen LogP contribution in [0, 0.1) is 0 Å². The number of benzene rings is 2. The van der Waals surface area contributed by atoms with Crippen molar-refractivity contribution in [3.63, 3.8) is 0 Å². The maximum absolute atomic E-state index is 12.5. The zero-order valence-corrected chi connectivity index (χ0v) is 15.0. The van der Waals surface area contributed by atoms with Crippen LogP contribution in [0.2, 0.25) is 0 Å².